The molecule has 0 radical (unpaired) electrons. The molecule has 0 fully saturated rings. The highest BCUT2D eigenvalue weighted by molar-refractivity contribution is 6.32. The molecule has 190 valence electrons. The number of aromatic nitrogens is 1. The van der Waals surface area contributed by atoms with E-state index < -0.39 is 17.7 Å². The quantitative estimate of drug-likeness (QED) is 0.200. The van der Waals surface area contributed by atoms with Gasteiger partial charge in [-0.15, -0.1) is 0 Å². The van der Waals surface area contributed by atoms with Gasteiger partial charge in [0.05, 0.1) is 28.6 Å². The average Bonchev–Trinajstić information content (AvgIpc) is 2.86. The number of rotatable bonds is 10. The van der Waals surface area contributed by atoms with Crippen molar-refractivity contribution in [1.29, 1.82) is 0 Å². The molecule has 8 heteroatoms. The van der Waals surface area contributed by atoms with Crippen LogP contribution < -0.4 is 4.74 Å². The van der Waals surface area contributed by atoms with Crippen molar-refractivity contribution in [2.45, 2.75) is 45.4 Å². The summed E-state index contributed by atoms with van der Waals surface area (Å²) in [5, 5.41) is 0.411. The zero-order valence-electron chi connectivity index (χ0n) is 20.0. The zero-order chi connectivity index (χ0) is 26.1. The van der Waals surface area contributed by atoms with Crippen molar-refractivity contribution in [2.24, 2.45) is 0 Å². The van der Waals surface area contributed by atoms with Gasteiger partial charge in [0, 0.05) is 11.6 Å². The van der Waals surface area contributed by atoms with E-state index in [0.29, 0.717) is 39.7 Å². The van der Waals surface area contributed by atoms with E-state index in [2.05, 4.69) is 11.9 Å². The molecular formula is C28H27ClF3NO3. The van der Waals surface area contributed by atoms with Crippen LogP contribution in [0.3, 0.4) is 0 Å². The lowest BCUT2D eigenvalue weighted by Crippen LogP contribution is -2.10. The van der Waals surface area contributed by atoms with Crippen molar-refractivity contribution in [3.63, 3.8) is 0 Å². The molecule has 0 unspecified atom stereocenters. The third-order valence-corrected chi connectivity index (χ3v) is 5.69. The molecule has 0 N–H and O–H groups in total. The minimum Gasteiger partial charge on any atom is -0.484 e. The van der Waals surface area contributed by atoms with Crippen molar-refractivity contribution in [1.82, 2.24) is 4.98 Å². The van der Waals surface area contributed by atoms with Crippen LogP contribution in [0.25, 0.3) is 17.3 Å². The topological polar surface area (TPSA) is 48.4 Å². The number of alkyl halides is 3. The molecule has 0 aliphatic heterocycles. The van der Waals surface area contributed by atoms with Crippen LogP contribution in [-0.4, -0.2) is 17.6 Å². The molecule has 0 bridgehead atoms. The van der Waals surface area contributed by atoms with Gasteiger partial charge >= 0.3 is 12.1 Å². The summed E-state index contributed by atoms with van der Waals surface area (Å²) >= 11 is 6.39. The lowest BCUT2D eigenvalue weighted by molar-refractivity contribution is -0.138. The molecule has 0 aliphatic rings. The Bertz CT molecular complexity index is 1190. The number of carbonyl (C=O) groups is 1. The molecule has 1 heterocycles. The second kappa shape index (κ2) is 12.6. The van der Waals surface area contributed by atoms with Crippen LogP contribution in [-0.2, 0) is 15.7 Å². The molecule has 0 aliphatic carbocycles. The maximum absolute atomic E-state index is 12.9. The number of hydrogen-bond donors (Lipinski definition) is 0. The molecule has 36 heavy (non-hydrogen) atoms. The van der Waals surface area contributed by atoms with E-state index in [4.69, 9.17) is 21.1 Å². The Labute approximate surface area is 213 Å². The zero-order valence-corrected chi connectivity index (χ0v) is 20.8. The Morgan fingerprint density at radius 3 is 2.47 bits per heavy atom. The molecule has 4 nitrogen and oxygen atoms in total. The maximum atomic E-state index is 12.9. The summed E-state index contributed by atoms with van der Waals surface area (Å²) in [6, 6.07) is 15.5. The number of unbranched alkanes of at least 4 members (excludes halogenated alkanes) is 1. The van der Waals surface area contributed by atoms with Crippen LogP contribution in [0.15, 0.2) is 66.7 Å². The first-order valence-electron chi connectivity index (χ1n) is 11.7. The molecular weight excluding hydrogens is 491 g/mol. The molecule has 1 aromatic heterocycles. The normalized spacial score (nSPS) is 12.5. The van der Waals surface area contributed by atoms with Gasteiger partial charge in [-0.1, -0.05) is 43.1 Å². The summed E-state index contributed by atoms with van der Waals surface area (Å²) < 4.78 is 49.9. The number of benzene rings is 2. The number of hydrogen-bond acceptors (Lipinski definition) is 4. The van der Waals surface area contributed by atoms with Crippen LogP contribution in [0.2, 0.25) is 5.02 Å². The molecule has 3 rings (SSSR count). The maximum Gasteiger partial charge on any atom is 0.416 e. The van der Waals surface area contributed by atoms with E-state index >= 15 is 0 Å². The monoisotopic (exact) mass is 517 g/mol. The summed E-state index contributed by atoms with van der Waals surface area (Å²) in [4.78, 5) is 16.2. The second-order valence-electron chi connectivity index (χ2n) is 8.04. The van der Waals surface area contributed by atoms with Crippen molar-refractivity contribution in [2.75, 3.05) is 6.61 Å². The van der Waals surface area contributed by atoms with Crippen LogP contribution in [0.5, 0.6) is 5.75 Å². The first kappa shape index (κ1) is 27.3. The fourth-order valence-electron chi connectivity index (χ4n) is 3.51. The molecule has 0 saturated carbocycles. The van der Waals surface area contributed by atoms with E-state index in [1.807, 2.05) is 12.1 Å². The Morgan fingerprint density at radius 2 is 1.83 bits per heavy atom. The van der Waals surface area contributed by atoms with Gasteiger partial charge < -0.3 is 9.47 Å². The van der Waals surface area contributed by atoms with E-state index in [0.717, 1.165) is 25.0 Å². The van der Waals surface area contributed by atoms with Gasteiger partial charge in [0.15, 0.2) is 0 Å². The molecule has 1 atom stereocenters. The van der Waals surface area contributed by atoms with Gasteiger partial charge in [-0.3, -0.25) is 0 Å². The van der Waals surface area contributed by atoms with Gasteiger partial charge in [0.2, 0.25) is 0 Å². The molecule has 0 saturated heterocycles. The van der Waals surface area contributed by atoms with E-state index in [-0.39, 0.29) is 12.7 Å². The fourth-order valence-corrected chi connectivity index (χ4v) is 3.74. The highest BCUT2D eigenvalue weighted by atomic mass is 35.5. The van der Waals surface area contributed by atoms with Crippen molar-refractivity contribution in [3.05, 3.63) is 88.6 Å². The highest BCUT2D eigenvalue weighted by Crippen LogP contribution is 2.32. The van der Waals surface area contributed by atoms with Crippen LogP contribution in [0.4, 0.5) is 13.2 Å². The summed E-state index contributed by atoms with van der Waals surface area (Å²) in [5.74, 6) is 0.0867. The van der Waals surface area contributed by atoms with Crippen LogP contribution in [0.1, 0.15) is 56.0 Å². The van der Waals surface area contributed by atoms with Gasteiger partial charge in [0.25, 0.3) is 0 Å². The number of nitrogens with zero attached hydrogens (tertiary/aromatic N) is 1. The molecule has 3 aromatic rings. The van der Waals surface area contributed by atoms with E-state index in [9.17, 15) is 18.0 Å². The largest absolute Gasteiger partial charge is 0.484 e. The lowest BCUT2D eigenvalue weighted by atomic mass is 10.1. The number of carbonyl (C=O) groups excluding carboxylic acids is 1. The average molecular weight is 518 g/mol. The van der Waals surface area contributed by atoms with Crippen LogP contribution >= 0.6 is 11.6 Å². The Hall–Kier alpha value is -3.32. The molecule has 0 amide bonds. The van der Waals surface area contributed by atoms with E-state index in [1.165, 1.54) is 18.2 Å². The van der Waals surface area contributed by atoms with E-state index in [1.54, 1.807) is 37.3 Å². The number of ether oxygens (including phenoxy) is 2. The first-order chi connectivity index (χ1) is 17.2. The fraction of sp³-hybridized carbons (Fsp3) is 0.286. The Kier molecular flexibility index (Phi) is 9.53. The molecule has 2 aromatic carbocycles. The number of pyridine rings is 1. The Balaban J connectivity index is 1.82. The minimum atomic E-state index is -4.39. The minimum absolute atomic E-state index is 0.289. The lowest BCUT2D eigenvalue weighted by Gasteiger charge is -2.20. The first-order valence-corrected chi connectivity index (χ1v) is 12.0. The smallest absolute Gasteiger partial charge is 0.416 e. The third-order valence-electron chi connectivity index (χ3n) is 5.36. The third kappa shape index (κ3) is 7.59. The standard InChI is InChI=1S/C28H27ClF3NO3/c1-3-5-9-26(36-22-16-12-19(23(29)18-22)13-17-27(34)35-4-2)25-8-6-7-24(33-25)20-10-14-21(15-11-20)28(30,31)32/h6-8,10-18,26H,3-5,9H2,1-2H3/b17-13+/t26-/m0/s1. The second-order valence-corrected chi connectivity index (χ2v) is 8.45. The summed E-state index contributed by atoms with van der Waals surface area (Å²) in [7, 11) is 0. The van der Waals surface area contributed by atoms with Crippen LogP contribution in [0, 0.1) is 0 Å². The predicted molar refractivity (Wildman–Crippen MR) is 135 cm³/mol. The summed E-state index contributed by atoms with van der Waals surface area (Å²) in [5.41, 5.74) is 1.75. The number of esters is 1. The van der Waals surface area contributed by atoms with Crippen molar-refractivity contribution < 1.29 is 27.4 Å². The van der Waals surface area contributed by atoms with Gasteiger partial charge in [-0.25, -0.2) is 9.78 Å². The Morgan fingerprint density at radius 1 is 1.08 bits per heavy atom. The predicted octanol–water partition coefficient (Wildman–Crippen LogP) is 8.31. The molecule has 0 spiro atoms. The van der Waals surface area contributed by atoms with Crippen molar-refractivity contribution >= 4 is 23.6 Å². The van der Waals surface area contributed by atoms with Gasteiger partial charge in [0.1, 0.15) is 11.9 Å². The number of halogens is 4. The van der Waals surface area contributed by atoms with Crippen molar-refractivity contribution in [3.8, 4) is 17.0 Å². The highest BCUT2D eigenvalue weighted by Gasteiger charge is 2.30. The summed E-state index contributed by atoms with van der Waals surface area (Å²) in [6.07, 6.45) is 0.665. The SMILES string of the molecule is CCCC[C@H](Oc1ccc(/C=C/C(=O)OCC)c(Cl)c1)c1cccc(-c2ccc(C(F)(F)F)cc2)n1. The van der Waals surface area contributed by atoms with Gasteiger partial charge in [-0.05, 0) is 73.9 Å². The summed E-state index contributed by atoms with van der Waals surface area (Å²) in [6.45, 7) is 4.09. The van der Waals surface area contributed by atoms with Gasteiger partial charge in [-0.2, -0.15) is 13.2 Å².